The zero-order chi connectivity index (χ0) is 16.3. The van der Waals surface area contributed by atoms with Crippen LogP contribution in [0.2, 0.25) is 0 Å². The van der Waals surface area contributed by atoms with Crippen molar-refractivity contribution in [2.75, 3.05) is 25.0 Å². The number of anilines is 1. The van der Waals surface area contributed by atoms with Crippen LogP contribution in [0, 0.1) is 11.8 Å². The summed E-state index contributed by atoms with van der Waals surface area (Å²) in [5, 5.41) is 6.10. The average Bonchev–Trinajstić information content (AvgIpc) is 3.39. The molecule has 24 heavy (non-hydrogen) atoms. The van der Waals surface area contributed by atoms with Gasteiger partial charge in [-0.25, -0.2) is 13.1 Å². The van der Waals surface area contributed by atoms with Crippen molar-refractivity contribution in [3.63, 3.8) is 0 Å². The molecule has 2 fully saturated rings. The minimum atomic E-state index is -3.45. The molecule has 0 bridgehead atoms. The number of sulfonamides is 1. The largest absolute Gasteiger partial charge is 0.326 e. The van der Waals surface area contributed by atoms with E-state index in [4.69, 9.17) is 0 Å². The van der Waals surface area contributed by atoms with Crippen molar-refractivity contribution >= 4 is 34.0 Å². The minimum absolute atomic E-state index is 0. The van der Waals surface area contributed by atoms with Crippen molar-refractivity contribution in [2.24, 2.45) is 11.8 Å². The van der Waals surface area contributed by atoms with Crippen LogP contribution in [0.15, 0.2) is 29.2 Å². The fourth-order valence-corrected chi connectivity index (χ4v) is 3.79. The Morgan fingerprint density at radius 3 is 2.29 bits per heavy atom. The number of benzene rings is 1. The molecule has 2 aliphatic rings. The van der Waals surface area contributed by atoms with Crippen LogP contribution in [-0.2, 0) is 14.8 Å². The predicted octanol–water partition coefficient (Wildman–Crippen LogP) is 1.73. The van der Waals surface area contributed by atoms with Gasteiger partial charge in [0.2, 0.25) is 15.9 Å². The summed E-state index contributed by atoms with van der Waals surface area (Å²) in [7, 11) is -3.45. The van der Waals surface area contributed by atoms with Crippen LogP contribution < -0.4 is 15.4 Å². The summed E-state index contributed by atoms with van der Waals surface area (Å²) < 4.78 is 26.9. The number of hydrogen-bond acceptors (Lipinski definition) is 4. The van der Waals surface area contributed by atoms with Crippen LogP contribution in [-0.4, -0.2) is 34.0 Å². The Labute approximate surface area is 149 Å². The first-order valence-electron chi connectivity index (χ1n) is 8.16. The lowest BCUT2D eigenvalue weighted by Crippen LogP contribution is -2.34. The monoisotopic (exact) mass is 373 g/mol. The maximum absolute atomic E-state index is 12.2. The van der Waals surface area contributed by atoms with Gasteiger partial charge < -0.3 is 10.6 Å². The summed E-state index contributed by atoms with van der Waals surface area (Å²) in [6.45, 7) is 2.24. The Balaban J connectivity index is 0.00000208. The molecule has 0 aromatic heterocycles. The molecule has 1 amide bonds. The second kappa shape index (κ2) is 8.29. The molecule has 134 valence electrons. The van der Waals surface area contributed by atoms with E-state index < -0.39 is 10.0 Å². The highest BCUT2D eigenvalue weighted by Gasteiger charge is 2.24. The summed E-state index contributed by atoms with van der Waals surface area (Å²) in [5.74, 6) is 0.530. The van der Waals surface area contributed by atoms with Crippen molar-refractivity contribution in [3.8, 4) is 0 Å². The normalized spacial score (nSPS) is 18.7. The molecule has 1 aromatic rings. The molecule has 1 saturated carbocycles. The number of amides is 1. The molecule has 1 aliphatic carbocycles. The Kier molecular flexibility index (Phi) is 6.62. The number of carbonyl (C=O) groups is 1. The minimum Gasteiger partial charge on any atom is -0.326 e. The zero-order valence-electron chi connectivity index (χ0n) is 13.5. The lowest BCUT2D eigenvalue weighted by atomic mass is 9.97. The van der Waals surface area contributed by atoms with Gasteiger partial charge in [-0.1, -0.05) is 0 Å². The molecule has 1 saturated heterocycles. The number of nitrogens with one attached hydrogen (secondary N) is 3. The van der Waals surface area contributed by atoms with E-state index in [-0.39, 0.29) is 29.1 Å². The van der Waals surface area contributed by atoms with Crippen molar-refractivity contribution in [3.05, 3.63) is 24.3 Å². The molecule has 0 radical (unpaired) electrons. The van der Waals surface area contributed by atoms with Crippen LogP contribution in [0.1, 0.15) is 25.7 Å². The van der Waals surface area contributed by atoms with Crippen LogP contribution in [0.5, 0.6) is 0 Å². The molecule has 1 aromatic carbocycles. The fourth-order valence-electron chi connectivity index (χ4n) is 2.68. The number of halogens is 1. The number of piperidine rings is 1. The molecule has 8 heteroatoms. The highest BCUT2D eigenvalue weighted by Crippen LogP contribution is 2.28. The van der Waals surface area contributed by atoms with Gasteiger partial charge in [0.15, 0.2) is 0 Å². The van der Waals surface area contributed by atoms with E-state index in [0.717, 1.165) is 38.8 Å². The van der Waals surface area contributed by atoms with Gasteiger partial charge >= 0.3 is 0 Å². The van der Waals surface area contributed by atoms with Crippen molar-refractivity contribution in [1.29, 1.82) is 0 Å². The van der Waals surface area contributed by atoms with E-state index in [9.17, 15) is 13.2 Å². The smallest absolute Gasteiger partial charge is 0.240 e. The second-order valence-electron chi connectivity index (χ2n) is 6.33. The van der Waals surface area contributed by atoms with Crippen molar-refractivity contribution < 1.29 is 13.2 Å². The molecule has 1 aliphatic heterocycles. The van der Waals surface area contributed by atoms with Gasteiger partial charge in [0, 0.05) is 18.2 Å². The van der Waals surface area contributed by atoms with E-state index in [2.05, 4.69) is 15.4 Å². The molecule has 0 atom stereocenters. The highest BCUT2D eigenvalue weighted by atomic mass is 35.5. The third-order valence-corrected chi connectivity index (χ3v) is 5.84. The topological polar surface area (TPSA) is 87.3 Å². The Bertz CT molecular complexity index is 654. The van der Waals surface area contributed by atoms with Gasteiger partial charge in [0.1, 0.15) is 0 Å². The fraction of sp³-hybridized carbons (Fsp3) is 0.562. The second-order valence-corrected chi connectivity index (χ2v) is 8.10. The van der Waals surface area contributed by atoms with Gasteiger partial charge in [-0.2, -0.15) is 0 Å². The SMILES string of the molecule is Cl.O=C(Nc1ccc(S(=O)(=O)NCC2CC2)cc1)C1CCNCC1. The Hall–Kier alpha value is -1.15. The first-order chi connectivity index (χ1) is 11.0. The molecule has 3 N–H and O–H groups in total. The van der Waals surface area contributed by atoms with Crippen molar-refractivity contribution in [1.82, 2.24) is 10.0 Å². The number of carbonyl (C=O) groups excluding carboxylic acids is 1. The first-order valence-corrected chi connectivity index (χ1v) is 9.64. The summed E-state index contributed by atoms with van der Waals surface area (Å²) >= 11 is 0. The van der Waals surface area contributed by atoms with Gasteiger partial charge in [0.05, 0.1) is 4.90 Å². The summed E-state index contributed by atoms with van der Waals surface area (Å²) in [6, 6.07) is 6.36. The maximum Gasteiger partial charge on any atom is 0.240 e. The van der Waals surface area contributed by atoms with Crippen LogP contribution >= 0.6 is 12.4 Å². The quantitative estimate of drug-likeness (QED) is 0.708. The Morgan fingerprint density at radius 2 is 1.71 bits per heavy atom. The van der Waals surface area contributed by atoms with Crippen LogP contribution in [0.3, 0.4) is 0 Å². The van der Waals surface area contributed by atoms with E-state index in [1.165, 1.54) is 12.1 Å². The highest BCUT2D eigenvalue weighted by molar-refractivity contribution is 7.89. The van der Waals surface area contributed by atoms with Crippen molar-refractivity contribution in [2.45, 2.75) is 30.6 Å². The molecule has 1 heterocycles. The molecule has 0 spiro atoms. The standard InChI is InChI=1S/C16H23N3O3S.ClH/c20-16(13-7-9-17-10-8-13)19-14-3-5-15(6-4-14)23(21,22)18-11-12-1-2-12;/h3-6,12-13,17-18H,1-2,7-11H2,(H,19,20);1H. The molecular formula is C16H24ClN3O3S. The lowest BCUT2D eigenvalue weighted by Gasteiger charge is -2.21. The van der Waals surface area contributed by atoms with Crippen LogP contribution in [0.4, 0.5) is 5.69 Å². The van der Waals surface area contributed by atoms with E-state index in [0.29, 0.717) is 18.2 Å². The molecule has 0 unspecified atom stereocenters. The summed E-state index contributed by atoms with van der Waals surface area (Å²) in [6.07, 6.45) is 3.88. The number of rotatable bonds is 6. The van der Waals surface area contributed by atoms with E-state index in [1.807, 2.05) is 0 Å². The van der Waals surface area contributed by atoms with Gasteiger partial charge in [0.25, 0.3) is 0 Å². The molecule has 6 nitrogen and oxygen atoms in total. The van der Waals surface area contributed by atoms with E-state index in [1.54, 1.807) is 12.1 Å². The van der Waals surface area contributed by atoms with Crippen LogP contribution in [0.25, 0.3) is 0 Å². The Morgan fingerprint density at radius 1 is 1.08 bits per heavy atom. The summed E-state index contributed by atoms with van der Waals surface area (Å²) in [4.78, 5) is 12.4. The first kappa shape index (κ1) is 19.2. The van der Waals surface area contributed by atoms with E-state index >= 15 is 0 Å². The number of hydrogen-bond donors (Lipinski definition) is 3. The van der Waals surface area contributed by atoms with Gasteiger partial charge in [-0.05, 0) is 69.0 Å². The lowest BCUT2D eigenvalue weighted by molar-refractivity contribution is -0.120. The average molecular weight is 374 g/mol. The third kappa shape index (κ3) is 5.17. The predicted molar refractivity (Wildman–Crippen MR) is 95.8 cm³/mol. The molecular weight excluding hydrogens is 350 g/mol. The van der Waals surface area contributed by atoms with Gasteiger partial charge in [-0.15, -0.1) is 12.4 Å². The maximum atomic E-state index is 12.2. The zero-order valence-corrected chi connectivity index (χ0v) is 15.1. The van der Waals surface area contributed by atoms with Gasteiger partial charge in [-0.3, -0.25) is 4.79 Å². The molecule has 3 rings (SSSR count). The summed E-state index contributed by atoms with van der Waals surface area (Å²) in [5.41, 5.74) is 0.634. The third-order valence-electron chi connectivity index (χ3n) is 4.40.